The van der Waals surface area contributed by atoms with Gasteiger partial charge in [0.1, 0.15) is 5.82 Å². The summed E-state index contributed by atoms with van der Waals surface area (Å²) in [4.78, 5) is 11.1. The number of hydrogen-bond acceptors (Lipinski definition) is 4. The highest BCUT2D eigenvalue weighted by Gasteiger charge is 1.84. The molecule has 0 spiro atoms. The lowest BCUT2D eigenvalue weighted by Crippen LogP contribution is -1.86. The van der Waals surface area contributed by atoms with E-state index in [-0.39, 0.29) is 0 Å². The van der Waals surface area contributed by atoms with Crippen LogP contribution in [0.2, 0.25) is 0 Å². The zero-order chi connectivity index (χ0) is 21.2. The molecule has 0 amide bonds. The SMILES string of the molecule is CC.CC.Cc1ccc(C)[nH]1.Cc1ccc(C)nn1.Cc1cnc(C)nc1. The molecule has 3 heterocycles. The molecule has 3 aromatic rings. The van der Waals surface area contributed by atoms with Crippen molar-refractivity contribution in [2.45, 2.75) is 69.2 Å². The van der Waals surface area contributed by atoms with E-state index < -0.39 is 0 Å². The van der Waals surface area contributed by atoms with Crippen molar-refractivity contribution in [1.82, 2.24) is 25.1 Å². The second kappa shape index (κ2) is 16.9. The molecular formula is C22H37N5. The Labute approximate surface area is 165 Å². The molecule has 0 saturated heterocycles. The van der Waals surface area contributed by atoms with Gasteiger partial charge in [-0.3, -0.25) is 0 Å². The molecule has 0 atom stereocenters. The number of rotatable bonds is 0. The number of aryl methyl sites for hydroxylation is 6. The van der Waals surface area contributed by atoms with Crippen molar-refractivity contribution in [2.24, 2.45) is 0 Å². The summed E-state index contributed by atoms with van der Waals surface area (Å²) in [6.07, 6.45) is 3.62. The number of aromatic amines is 1. The molecule has 0 aliphatic carbocycles. The average molecular weight is 372 g/mol. The fourth-order valence-electron chi connectivity index (χ4n) is 1.57. The Balaban J connectivity index is 0. The lowest BCUT2D eigenvalue weighted by Gasteiger charge is -1.88. The highest BCUT2D eigenvalue weighted by Crippen LogP contribution is 1.95. The molecule has 0 radical (unpaired) electrons. The third kappa shape index (κ3) is 15.4. The normalized spacial score (nSPS) is 8.37. The maximum atomic E-state index is 3.97. The highest BCUT2D eigenvalue weighted by molar-refractivity contribution is 5.09. The molecule has 0 unspecified atom stereocenters. The van der Waals surface area contributed by atoms with Crippen molar-refractivity contribution in [3.05, 3.63) is 70.8 Å². The van der Waals surface area contributed by atoms with Crippen LogP contribution in [0.15, 0.2) is 36.7 Å². The van der Waals surface area contributed by atoms with Crippen LogP contribution in [-0.2, 0) is 0 Å². The van der Waals surface area contributed by atoms with Gasteiger partial charge < -0.3 is 4.98 Å². The number of aromatic nitrogens is 5. The predicted molar refractivity (Wildman–Crippen MR) is 116 cm³/mol. The first-order chi connectivity index (χ1) is 12.9. The lowest BCUT2D eigenvalue weighted by atomic mass is 10.4. The highest BCUT2D eigenvalue weighted by atomic mass is 15.1. The Hall–Kier alpha value is -2.56. The van der Waals surface area contributed by atoms with Gasteiger partial charge in [-0.1, -0.05) is 27.7 Å². The van der Waals surface area contributed by atoms with Crippen molar-refractivity contribution < 1.29 is 0 Å². The van der Waals surface area contributed by atoms with Crippen LogP contribution in [0.25, 0.3) is 0 Å². The molecule has 1 N–H and O–H groups in total. The van der Waals surface area contributed by atoms with Crippen molar-refractivity contribution >= 4 is 0 Å². The standard InChI is InChI=1S/2C6H8N2.C6H9N.2C2H6/c1-5-3-7-6(2)8-4-5;1-5-3-4-6(2)8-7-5;1-5-3-4-6(2)7-5;2*1-2/h2*3-4H,1-2H3;3-4,7H,1-2H3;2*1-2H3. The van der Waals surface area contributed by atoms with Gasteiger partial charge in [0, 0.05) is 23.8 Å². The fourth-order valence-corrected chi connectivity index (χ4v) is 1.57. The minimum atomic E-state index is 0.829. The minimum absolute atomic E-state index is 0.829. The summed E-state index contributed by atoms with van der Waals surface area (Å²) >= 11 is 0. The third-order valence-corrected chi connectivity index (χ3v) is 2.82. The van der Waals surface area contributed by atoms with Gasteiger partial charge >= 0.3 is 0 Å². The van der Waals surface area contributed by atoms with E-state index in [4.69, 9.17) is 0 Å². The summed E-state index contributed by atoms with van der Waals surface area (Å²) in [7, 11) is 0. The average Bonchev–Trinajstić information content (AvgIpc) is 3.07. The van der Waals surface area contributed by atoms with Crippen molar-refractivity contribution in [3.63, 3.8) is 0 Å². The molecule has 150 valence electrons. The summed E-state index contributed by atoms with van der Waals surface area (Å²) < 4.78 is 0. The molecule has 0 aliphatic heterocycles. The summed E-state index contributed by atoms with van der Waals surface area (Å²) in [5.74, 6) is 0.829. The van der Waals surface area contributed by atoms with Crippen LogP contribution < -0.4 is 0 Å². The molecular weight excluding hydrogens is 334 g/mol. The summed E-state index contributed by atoms with van der Waals surface area (Å²) in [5, 5.41) is 7.66. The van der Waals surface area contributed by atoms with Crippen molar-refractivity contribution in [2.75, 3.05) is 0 Å². The van der Waals surface area contributed by atoms with Crippen LogP contribution in [0.3, 0.4) is 0 Å². The number of nitrogens with zero attached hydrogens (tertiary/aromatic N) is 4. The molecule has 5 nitrogen and oxygen atoms in total. The van der Waals surface area contributed by atoms with Crippen LogP contribution in [0.5, 0.6) is 0 Å². The molecule has 27 heavy (non-hydrogen) atoms. The molecule has 0 aromatic carbocycles. The van der Waals surface area contributed by atoms with E-state index in [1.807, 2.05) is 93.8 Å². The number of hydrogen-bond donors (Lipinski definition) is 1. The smallest absolute Gasteiger partial charge is 0.125 e. The number of H-pyrrole nitrogens is 1. The maximum absolute atomic E-state index is 3.97. The predicted octanol–water partition coefficient (Wildman–Crippen LogP) is 5.87. The van der Waals surface area contributed by atoms with Gasteiger partial charge in [-0.2, -0.15) is 10.2 Å². The Morgan fingerprint density at radius 1 is 0.593 bits per heavy atom. The van der Waals surface area contributed by atoms with Gasteiger partial charge in [0.05, 0.1) is 11.4 Å². The van der Waals surface area contributed by atoms with E-state index in [0.29, 0.717) is 0 Å². The largest absolute Gasteiger partial charge is 0.363 e. The zero-order valence-corrected chi connectivity index (χ0v) is 18.8. The third-order valence-electron chi connectivity index (χ3n) is 2.82. The topological polar surface area (TPSA) is 67.3 Å². The first kappa shape index (κ1) is 26.7. The Morgan fingerprint density at radius 2 is 0.963 bits per heavy atom. The lowest BCUT2D eigenvalue weighted by molar-refractivity contribution is 0.941. The molecule has 0 saturated carbocycles. The van der Waals surface area contributed by atoms with Gasteiger partial charge in [-0.05, 0) is 71.4 Å². The van der Waals surface area contributed by atoms with Crippen LogP contribution in [0.4, 0.5) is 0 Å². The van der Waals surface area contributed by atoms with Gasteiger partial charge in [-0.25, -0.2) is 9.97 Å². The van der Waals surface area contributed by atoms with Crippen molar-refractivity contribution in [3.8, 4) is 0 Å². The Morgan fingerprint density at radius 3 is 1.19 bits per heavy atom. The second-order valence-electron chi connectivity index (χ2n) is 5.45. The van der Waals surface area contributed by atoms with E-state index in [9.17, 15) is 0 Å². The van der Waals surface area contributed by atoms with Crippen LogP contribution in [-0.4, -0.2) is 25.1 Å². The van der Waals surface area contributed by atoms with E-state index in [1.54, 1.807) is 0 Å². The van der Waals surface area contributed by atoms with Gasteiger partial charge in [0.25, 0.3) is 0 Å². The van der Waals surface area contributed by atoms with E-state index in [2.05, 4.69) is 37.3 Å². The second-order valence-corrected chi connectivity index (χ2v) is 5.45. The molecule has 0 aliphatic rings. The fraction of sp³-hybridized carbons (Fsp3) is 0.455. The zero-order valence-electron chi connectivity index (χ0n) is 18.8. The van der Waals surface area contributed by atoms with Crippen molar-refractivity contribution in [1.29, 1.82) is 0 Å². The molecule has 3 rings (SSSR count). The summed E-state index contributed by atoms with van der Waals surface area (Å²) in [5.41, 5.74) is 5.51. The van der Waals surface area contributed by atoms with E-state index in [1.165, 1.54) is 11.4 Å². The quantitative estimate of drug-likeness (QED) is 0.536. The maximum Gasteiger partial charge on any atom is 0.125 e. The first-order valence-corrected chi connectivity index (χ1v) is 9.51. The first-order valence-electron chi connectivity index (χ1n) is 9.51. The summed E-state index contributed by atoms with van der Waals surface area (Å²) in [6.45, 7) is 19.8. The van der Waals surface area contributed by atoms with Gasteiger partial charge in [0.2, 0.25) is 0 Å². The monoisotopic (exact) mass is 371 g/mol. The summed E-state index contributed by atoms with van der Waals surface area (Å²) in [6, 6.07) is 8.02. The Bertz CT molecular complexity index is 583. The molecule has 0 bridgehead atoms. The number of nitrogens with one attached hydrogen (secondary N) is 1. The van der Waals surface area contributed by atoms with Crippen LogP contribution in [0, 0.1) is 41.5 Å². The molecule has 0 fully saturated rings. The van der Waals surface area contributed by atoms with E-state index >= 15 is 0 Å². The van der Waals surface area contributed by atoms with Gasteiger partial charge in [-0.15, -0.1) is 0 Å². The minimum Gasteiger partial charge on any atom is -0.363 e. The van der Waals surface area contributed by atoms with E-state index in [0.717, 1.165) is 22.8 Å². The Kier molecular flexibility index (Phi) is 16.7. The van der Waals surface area contributed by atoms with Crippen LogP contribution in [0.1, 0.15) is 61.9 Å². The van der Waals surface area contributed by atoms with Crippen LogP contribution >= 0.6 is 0 Å². The molecule has 3 aromatic heterocycles. The van der Waals surface area contributed by atoms with Gasteiger partial charge in [0.15, 0.2) is 0 Å². The molecule has 5 heteroatoms.